The Morgan fingerprint density at radius 1 is 1.44 bits per heavy atom. The first kappa shape index (κ1) is 9.63. The van der Waals surface area contributed by atoms with Gasteiger partial charge in [-0.1, -0.05) is 0 Å². The first-order chi connectivity index (χ1) is 7.75. The molecule has 3 rings (SSSR count). The lowest BCUT2D eigenvalue weighted by Gasteiger charge is -2.20. The van der Waals surface area contributed by atoms with Gasteiger partial charge in [-0.25, -0.2) is 4.39 Å². The third-order valence-corrected chi connectivity index (χ3v) is 3.24. The Balaban J connectivity index is 2.05. The average Bonchev–Trinajstić information content (AvgIpc) is 2.69. The predicted octanol–water partition coefficient (Wildman–Crippen LogP) is 1.82. The van der Waals surface area contributed by atoms with Gasteiger partial charge in [-0.3, -0.25) is 4.79 Å². The number of nitrogens with zero attached hydrogens (tertiary/aromatic N) is 1. The maximum Gasteiger partial charge on any atom is 0.257 e. The molecule has 0 radical (unpaired) electrons. The molecule has 1 amide bonds. The van der Waals surface area contributed by atoms with Crippen molar-refractivity contribution in [2.45, 2.75) is 18.9 Å². The minimum absolute atomic E-state index is 0.0324. The first-order valence-electron chi connectivity index (χ1n) is 5.49. The molecule has 4 heteroatoms. The van der Waals surface area contributed by atoms with E-state index >= 15 is 0 Å². The van der Waals surface area contributed by atoms with Crippen molar-refractivity contribution in [2.75, 3.05) is 13.2 Å². The maximum absolute atomic E-state index is 13.0. The largest absolute Gasteiger partial charge is 0.490 e. The molecule has 84 valence electrons. The fraction of sp³-hybridized carbons (Fsp3) is 0.417. The van der Waals surface area contributed by atoms with Gasteiger partial charge in [0.25, 0.3) is 5.91 Å². The molecule has 1 fully saturated rings. The molecule has 0 bridgehead atoms. The number of hydrogen-bond donors (Lipinski definition) is 0. The van der Waals surface area contributed by atoms with Gasteiger partial charge in [0.2, 0.25) is 0 Å². The number of carbonyl (C=O) groups excluding carboxylic acids is 1. The number of hydrogen-bond acceptors (Lipinski definition) is 2. The highest BCUT2D eigenvalue weighted by Gasteiger charge is 2.34. The lowest BCUT2D eigenvalue weighted by molar-refractivity contribution is 0.0726. The summed E-state index contributed by atoms with van der Waals surface area (Å²) >= 11 is 0. The van der Waals surface area contributed by atoms with Gasteiger partial charge in [0.05, 0.1) is 11.6 Å². The number of rotatable bonds is 0. The van der Waals surface area contributed by atoms with Crippen LogP contribution in [0, 0.1) is 5.82 Å². The minimum atomic E-state index is -0.367. The molecule has 16 heavy (non-hydrogen) atoms. The maximum atomic E-state index is 13.0. The molecular weight excluding hydrogens is 209 g/mol. The van der Waals surface area contributed by atoms with E-state index in [-0.39, 0.29) is 17.8 Å². The van der Waals surface area contributed by atoms with Gasteiger partial charge in [0.15, 0.2) is 0 Å². The number of benzene rings is 1. The van der Waals surface area contributed by atoms with Crippen molar-refractivity contribution in [1.82, 2.24) is 4.90 Å². The van der Waals surface area contributed by atoms with E-state index in [0.29, 0.717) is 17.9 Å². The quantitative estimate of drug-likeness (QED) is 0.668. The van der Waals surface area contributed by atoms with Gasteiger partial charge in [0.1, 0.15) is 18.2 Å². The zero-order chi connectivity index (χ0) is 11.1. The molecule has 0 aromatic heterocycles. The van der Waals surface area contributed by atoms with Crippen LogP contribution in [0.2, 0.25) is 0 Å². The van der Waals surface area contributed by atoms with Gasteiger partial charge in [-0.15, -0.1) is 0 Å². The monoisotopic (exact) mass is 221 g/mol. The fourth-order valence-corrected chi connectivity index (χ4v) is 2.41. The summed E-state index contributed by atoms with van der Waals surface area (Å²) in [6.45, 7) is 1.26. The van der Waals surface area contributed by atoms with Crippen LogP contribution in [0.25, 0.3) is 0 Å². The van der Waals surface area contributed by atoms with Gasteiger partial charge in [-0.05, 0) is 25.0 Å². The zero-order valence-electron chi connectivity index (χ0n) is 8.78. The lowest BCUT2D eigenvalue weighted by atomic mass is 10.1. The van der Waals surface area contributed by atoms with Crippen LogP contribution in [-0.2, 0) is 0 Å². The number of carbonyl (C=O) groups is 1. The molecule has 0 spiro atoms. The van der Waals surface area contributed by atoms with Crippen LogP contribution < -0.4 is 4.74 Å². The summed E-state index contributed by atoms with van der Waals surface area (Å²) < 4.78 is 18.6. The molecule has 1 atom stereocenters. The summed E-state index contributed by atoms with van der Waals surface area (Å²) in [4.78, 5) is 14.0. The lowest BCUT2D eigenvalue weighted by Crippen LogP contribution is -2.36. The number of halogens is 1. The molecule has 1 aromatic rings. The molecule has 2 heterocycles. The Bertz CT molecular complexity index is 447. The van der Waals surface area contributed by atoms with Crippen molar-refractivity contribution in [3.63, 3.8) is 0 Å². The van der Waals surface area contributed by atoms with Gasteiger partial charge < -0.3 is 9.64 Å². The number of amides is 1. The summed E-state index contributed by atoms with van der Waals surface area (Å²) in [5.74, 6) is -0.0250. The standard InChI is InChI=1S/C12H12FNO2/c13-8-3-4-10-11(6-8)16-7-9-2-1-5-14(9)12(10)15/h3-4,6,9H,1-2,5,7H2/t9-/m0/s1. The second-order valence-corrected chi connectivity index (χ2v) is 4.25. The summed E-state index contributed by atoms with van der Waals surface area (Å²) in [6.07, 6.45) is 2.00. The van der Waals surface area contributed by atoms with Crippen molar-refractivity contribution in [1.29, 1.82) is 0 Å². The predicted molar refractivity (Wildman–Crippen MR) is 56.0 cm³/mol. The Labute approximate surface area is 92.8 Å². The zero-order valence-corrected chi connectivity index (χ0v) is 8.78. The molecule has 2 aliphatic rings. The van der Waals surface area contributed by atoms with Gasteiger partial charge in [0, 0.05) is 12.6 Å². The Morgan fingerprint density at radius 2 is 2.31 bits per heavy atom. The van der Waals surface area contributed by atoms with E-state index in [4.69, 9.17) is 4.74 Å². The smallest absolute Gasteiger partial charge is 0.257 e. The molecule has 0 aliphatic carbocycles. The van der Waals surface area contributed by atoms with E-state index in [9.17, 15) is 9.18 Å². The number of fused-ring (bicyclic) bond motifs is 2. The molecule has 0 N–H and O–H groups in total. The molecular formula is C12H12FNO2. The topological polar surface area (TPSA) is 29.5 Å². The average molecular weight is 221 g/mol. The Hall–Kier alpha value is -1.58. The van der Waals surface area contributed by atoms with Crippen LogP contribution in [-0.4, -0.2) is 30.0 Å². The van der Waals surface area contributed by atoms with Crippen LogP contribution in [0.5, 0.6) is 5.75 Å². The van der Waals surface area contributed by atoms with E-state index in [1.807, 2.05) is 4.90 Å². The second-order valence-electron chi connectivity index (χ2n) is 4.25. The molecule has 2 aliphatic heterocycles. The molecule has 3 nitrogen and oxygen atoms in total. The van der Waals surface area contributed by atoms with Crippen LogP contribution in [0.1, 0.15) is 23.2 Å². The third kappa shape index (κ3) is 1.37. The minimum Gasteiger partial charge on any atom is -0.490 e. The van der Waals surface area contributed by atoms with E-state index in [1.165, 1.54) is 18.2 Å². The van der Waals surface area contributed by atoms with E-state index in [2.05, 4.69) is 0 Å². The van der Waals surface area contributed by atoms with Crippen molar-refractivity contribution in [2.24, 2.45) is 0 Å². The third-order valence-electron chi connectivity index (χ3n) is 3.24. The fourth-order valence-electron chi connectivity index (χ4n) is 2.41. The van der Waals surface area contributed by atoms with E-state index in [1.54, 1.807) is 0 Å². The van der Waals surface area contributed by atoms with Crippen molar-refractivity contribution in [3.8, 4) is 5.75 Å². The highest BCUT2D eigenvalue weighted by Crippen LogP contribution is 2.29. The highest BCUT2D eigenvalue weighted by molar-refractivity contribution is 5.97. The SMILES string of the molecule is O=C1c2ccc(F)cc2OC[C@@H]2CCCN12. The van der Waals surface area contributed by atoms with Crippen molar-refractivity contribution in [3.05, 3.63) is 29.6 Å². The van der Waals surface area contributed by atoms with E-state index in [0.717, 1.165) is 19.4 Å². The van der Waals surface area contributed by atoms with Crippen LogP contribution >= 0.6 is 0 Å². The van der Waals surface area contributed by atoms with Gasteiger partial charge >= 0.3 is 0 Å². The summed E-state index contributed by atoms with van der Waals surface area (Å²) in [6, 6.07) is 4.25. The molecule has 1 aromatic carbocycles. The van der Waals surface area contributed by atoms with Crippen LogP contribution in [0.4, 0.5) is 4.39 Å². The molecule has 1 saturated heterocycles. The Morgan fingerprint density at radius 3 is 3.19 bits per heavy atom. The van der Waals surface area contributed by atoms with Crippen molar-refractivity contribution >= 4 is 5.91 Å². The van der Waals surface area contributed by atoms with Crippen LogP contribution in [0.15, 0.2) is 18.2 Å². The summed E-state index contributed by atoms with van der Waals surface area (Å²) in [7, 11) is 0. The van der Waals surface area contributed by atoms with E-state index < -0.39 is 0 Å². The molecule has 0 saturated carbocycles. The van der Waals surface area contributed by atoms with Gasteiger partial charge in [-0.2, -0.15) is 0 Å². The summed E-state index contributed by atoms with van der Waals surface area (Å²) in [5, 5.41) is 0. The second kappa shape index (κ2) is 3.47. The number of ether oxygens (including phenoxy) is 1. The Kier molecular flexibility index (Phi) is 2.09. The summed E-state index contributed by atoms with van der Waals surface area (Å²) in [5.41, 5.74) is 0.478. The van der Waals surface area contributed by atoms with Crippen molar-refractivity contribution < 1.29 is 13.9 Å². The molecule has 0 unspecified atom stereocenters. The van der Waals surface area contributed by atoms with Crippen LogP contribution in [0.3, 0.4) is 0 Å². The highest BCUT2D eigenvalue weighted by atomic mass is 19.1. The first-order valence-corrected chi connectivity index (χ1v) is 5.49. The normalized spacial score (nSPS) is 23.4.